The number of nitrogens with one attached hydrogen (secondary N) is 1. The zero-order valence-corrected chi connectivity index (χ0v) is 18.2. The maximum atomic E-state index is 12.7. The average molecular weight is 484 g/mol. The third-order valence-corrected chi connectivity index (χ3v) is 4.57. The monoisotopic (exact) mass is 484 g/mol. The van der Waals surface area contributed by atoms with Crippen LogP contribution in [0, 0.1) is 6.92 Å². The van der Waals surface area contributed by atoms with Crippen LogP contribution in [-0.2, 0) is 4.79 Å². The van der Waals surface area contributed by atoms with Crippen molar-refractivity contribution in [2.45, 2.75) is 13.1 Å². The molecule has 0 spiro atoms. The van der Waals surface area contributed by atoms with Gasteiger partial charge in [-0.25, -0.2) is 14.5 Å². The lowest BCUT2D eigenvalue weighted by Crippen LogP contribution is -2.21. The van der Waals surface area contributed by atoms with E-state index in [-0.39, 0.29) is 5.91 Å². The van der Waals surface area contributed by atoms with Crippen molar-refractivity contribution in [2.24, 2.45) is 0 Å². The Balaban J connectivity index is 0.000000429. The predicted molar refractivity (Wildman–Crippen MR) is 122 cm³/mol. The maximum absolute atomic E-state index is 12.7. The van der Waals surface area contributed by atoms with Gasteiger partial charge in [0.25, 0.3) is 5.91 Å². The molecule has 0 aliphatic rings. The summed E-state index contributed by atoms with van der Waals surface area (Å²) in [6, 6.07) is 18.5. The lowest BCUT2D eigenvalue weighted by molar-refractivity contribution is -0.192. The molecule has 0 saturated heterocycles. The number of carbonyl (C=O) groups is 2. The van der Waals surface area contributed by atoms with Crippen molar-refractivity contribution < 1.29 is 27.9 Å². The second-order valence-corrected chi connectivity index (χ2v) is 7.14. The minimum absolute atomic E-state index is 0.167. The summed E-state index contributed by atoms with van der Waals surface area (Å²) in [6.45, 7) is 1.90. The van der Waals surface area contributed by atoms with E-state index in [1.54, 1.807) is 29.2 Å². The lowest BCUT2D eigenvalue weighted by Gasteiger charge is -2.09. The van der Waals surface area contributed by atoms with Crippen molar-refractivity contribution in [1.82, 2.24) is 20.0 Å². The number of nitrogen functional groups attached to an aromatic ring is 1. The van der Waals surface area contributed by atoms with Gasteiger partial charge in [0.05, 0.1) is 11.9 Å². The minimum Gasteiger partial charge on any atom is -0.475 e. The SMILES string of the molecule is Cc1ccc(-c2cn(-c3ccnc(N)c3)nn2)cc1C(=O)Nc1ccccc1.O=C(O)C(F)(F)F. The molecule has 0 saturated carbocycles. The number of pyridine rings is 1. The van der Waals surface area contributed by atoms with Gasteiger partial charge in [-0.15, -0.1) is 5.10 Å². The number of aryl methyl sites for hydroxylation is 1. The fourth-order valence-electron chi connectivity index (χ4n) is 2.85. The number of carboxylic acid groups (broad SMARTS) is 1. The van der Waals surface area contributed by atoms with Crippen molar-refractivity contribution in [3.8, 4) is 16.9 Å². The molecule has 2 heterocycles. The van der Waals surface area contributed by atoms with Crippen molar-refractivity contribution >= 4 is 23.4 Å². The van der Waals surface area contributed by atoms with Crippen LogP contribution >= 0.6 is 0 Å². The smallest absolute Gasteiger partial charge is 0.475 e. The van der Waals surface area contributed by atoms with E-state index in [4.69, 9.17) is 15.6 Å². The van der Waals surface area contributed by atoms with Crippen LogP contribution in [0.4, 0.5) is 24.7 Å². The van der Waals surface area contributed by atoms with Crippen LogP contribution in [0.5, 0.6) is 0 Å². The lowest BCUT2D eigenvalue weighted by atomic mass is 10.0. The summed E-state index contributed by atoms with van der Waals surface area (Å²) in [7, 11) is 0. The fraction of sp³-hybridized carbons (Fsp3) is 0.0870. The van der Waals surface area contributed by atoms with Gasteiger partial charge in [-0.1, -0.05) is 35.5 Å². The van der Waals surface area contributed by atoms with Gasteiger partial charge in [-0.3, -0.25) is 4.79 Å². The molecule has 12 heteroatoms. The summed E-state index contributed by atoms with van der Waals surface area (Å²) in [5.41, 5.74) is 10.2. The largest absolute Gasteiger partial charge is 0.490 e. The number of hydrogen-bond donors (Lipinski definition) is 3. The second-order valence-electron chi connectivity index (χ2n) is 7.14. The Bertz CT molecular complexity index is 1340. The molecular weight excluding hydrogens is 465 g/mol. The number of carboxylic acids is 1. The Kier molecular flexibility index (Phi) is 7.44. The van der Waals surface area contributed by atoms with Gasteiger partial charge in [0.1, 0.15) is 11.5 Å². The van der Waals surface area contributed by atoms with Crippen LogP contribution in [0.1, 0.15) is 15.9 Å². The van der Waals surface area contributed by atoms with Crippen LogP contribution in [0.25, 0.3) is 16.9 Å². The van der Waals surface area contributed by atoms with E-state index in [0.29, 0.717) is 17.1 Å². The van der Waals surface area contributed by atoms with E-state index in [9.17, 15) is 18.0 Å². The molecule has 0 unspecified atom stereocenters. The van der Waals surface area contributed by atoms with E-state index >= 15 is 0 Å². The van der Waals surface area contributed by atoms with Crippen LogP contribution in [0.2, 0.25) is 0 Å². The fourth-order valence-corrected chi connectivity index (χ4v) is 2.85. The number of aliphatic carboxylic acids is 1. The zero-order valence-electron chi connectivity index (χ0n) is 18.2. The van der Waals surface area contributed by atoms with Crippen LogP contribution in [0.15, 0.2) is 73.1 Å². The summed E-state index contributed by atoms with van der Waals surface area (Å²) in [6.07, 6.45) is -1.68. The van der Waals surface area contributed by atoms with E-state index < -0.39 is 12.1 Å². The van der Waals surface area contributed by atoms with Crippen molar-refractivity contribution in [2.75, 3.05) is 11.1 Å². The Morgan fingerprint density at radius 1 is 1.06 bits per heavy atom. The third kappa shape index (κ3) is 6.63. The number of nitrogens with zero attached hydrogens (tertiary/aromatic N) is 4. The Labute approximate surface area is 197 Å². The summed E-state index contributed by atoms with van der Waals surface area (Å²) in [5, 5.41) is 18.4. The number of aromatic nitrogens is 4. The predicted octanol–water partition coefficient (Wildman–Crippen LogP) is 4.11. The summed E-state index contributed by atoms with van der Waals surface area (Å²) < 4.78 is 33.4. The number of nitrogens with two attached hydrogens (primary N) is 1. The number of amides is 1. The number of carbonyl (C=O) groups excluding carboxylic acids is 1. The van der Waals surface area contributed by atoms with Gasteiger partial charge < -0.3 is 16.2 Å². The molecule has 0 radical (unpaired) electrons. The van der Waals surface area contributed by atoms with Gasteiger partial charge in [-0.2, -0.15) is 13.2 Å². The number of rotatable bonds is 4. The first-order valence-corrected chi connectivity index (χ1v) is 9.96. The first kappa shape index (κ1) is 24.9. The molecular formula is C23H19F3N6O3. The number of para-hydroxylation sites is 1. The standard InChI is InChI=1S/C21H18N6O.C2HF3O2/c1-14-7-8-15(11-18(14)21(28)24-16-5-3-2-4-6-16)19-13-27(26-25-19)17-9-10-23-20(22)12-17;3-2(4,5)1(6)7/h2-13H,1H3,(H2,22,23)(H,24,28);(H,6,7). The van der Waals surface area contributed by atoms with Gasteiger partial charge in [0.15, 0.2) is 0 Å². The normalized spacial score (nSPS) is 10.7. The van der Waals surface area contributed by atoms with Gasteiger partial charge in [0, 0.05) is 29.1 Å². The number of hydrogen-bond acceptors (Lipinski definition) is 6. The molecule has 0 aliphatic carbocycles. The number of alkyl halides is 3. The van der Waals surface area contributed by atoms with Gasteiger partial charge in [0.2, 0.25) is 0 Å². The first-order valence-electron chi connectivity index (χ1n) is 9.96. The Morgan fingerprint density at radius 2 is 1.74 bits per heavy atom. The second kappa shape index (κ2) is 10.5. The highest BCUT2D eigenvalue weighted by molar-refractivity contribution is 6.05. The molecule has 1 amide bonds. The molecule has 0 aliphatic heterocycles. The average Bonchev–Trinajstić information content (AvgIpc) is 3.30. The molecule has 0 fully saturated rings. The van der Waals surface area contributed by atoms with Gasteiger partial charge in [-0.05, 0) is 36.8 Å². The quantitative estimate of drug-likeness (QED) is 0.397. The number of halogens is 3. The summed E-state index contributed by atoms with van der Waals surface area (Å²) in [5.74, 6) is -2.52. The van der Waals surface area contributed by atoms with Gasteiger partial charge >= 0.3 is 12.1 Å². The van der Waals surface area contributed by atoms with E-state index in [1.807, 2.05) is 55.5 Å². The van der Waals surface area contributed by atoms with E-state index in [2.05, 4.69) is 20.6 Å². The molecule has 4 N–H and O–H groups in total. The molecule has 2 aromatic carbocycles. The molecule has 0 bridgehead atoms. The topological polar surface area (TPSA) is 136 Å². The zero-order chi connectivity index (χ0) is 25.6. The van der Waals surface area contributed by atoms with Crippen molar-refractivity contribution in [3.63, 3.8) is 0 Å². The summed E-state index contributed by atoms with van der Waals surface area (Å²) >= 11 is 0. The van der Waals surface area contributed by atoms with Crippen molar-refractivity contribution in [3.05, 3.63) is 84.2 Å². The maximum Gasteiger partial charge on any atom is 0.490 e. The van der Waals surface area contributed by atoms with Crippen LogP contribution in [0.3, 0.4) is 0 Å². The Hall–Kier alpha value is -4.74. The van der Waals surface area contributed by atoms with E-state index in [1.165, 1.54) is 0 Å². The van der Waals surface area contributed by atoms with Crippen molar-refractivity contribution in [1.29, 1.82) is 0 Å². The minimum atomic E-state index is -5.08. The van der Waals surface area contributed by atoms with Crippen LogP contribution < -0.4 is 11.1 Å². The summed E-state index contributed by atoms with van der Waals surface area (Å²) in [4.78, 5) is 25.6. The molecule has 0 atom stereocenters. The molecule has 4 aromatic rings. The first-order chi connectivity index (χ1) is 16.5. The molecule has 35 heavy (non-hydrogen) atoms. The Morgan fingerprint density at radius 3 is 2.37 bits per heavy atom. The van der Waals surface area contributed by atoms with E-state index in [0.717, 1.165) is 22.5 Å². The number of benzene rings is 2. The molecule has 180 valence electrons. The highest BCUT2D eigenvalue weighted by atomic mass is 19.4. The molecule has 4 rings (SSSR count). The third-order valence-electron chi connectivity index (χ3n) is 4.57. The molecule has 9 nitrogen and oxygen atoms in total. The highest BCUT2D eigenvalue weighted by Gasteiger charge is 2.38. The number of anilines is 2. The van der Waals surface area contributed by atoms with Crippen LogP contribution in [-0.4, -0.2) is 43.1 Å². The molecule has 2 aromatic heterocycles. The highest BCUT2D eigenvalue weighted by Crippen LogP contribution is 2.22.